The first-order valence-electron chi connectivity index (χ1n) is 5.36. The lowest BCUT2D eigenvalue weighted by atomic mass is 10.2. The average Bonchev–Trinajstić information content (AvgIpc) is 2.41. The van der Waals surface area contributed by atoms with Gasteiger partial charge in [-0.25, -0.2) is 0 Å². The number of nitro groups is 1. The standard InChI is InChI=1S/C12H10BrN3O3/c13-10-2-1-3-11(16(17)18)12(10)19-9-4-8(5-14)6-15-7-9/h1-4,6-7H,5,14H2. The Hall–Kier alpha value is -1.99. The molecule has 0 amide bonds. The number of halogens is 1. The van der Waals surface area contributed by atoms with Crippen molar-refractivity contribution < 1.29 is 9.66 Å². The lowest BCUT2D eigenvalue weighted by Crippen LogP contribution is -1.98. The lowest BCUT2D eigenvalue weighted by Gasteiger charge is -2.08. The van der Waals surface area contributed by atoms with Gasteiger partial charge in [0.1, 0.15) is 5.75 Å². The normalized spacial score (nSPS) is 10.2. The molecule has 0 saturated carbocycles. The fourth-order valence-electron chi connectivity index (χ4n) is 1.49. The smallest absolute Gasteiger partial charge is 0.312 e. The molecule has 6 nitrogen and oxygen atoms in total. The second kappa shape index (κ2) is 5.77. The zero-order valence-corrected chi connectivity index (χ0v) is 11.3. The van der Waals surface area contributed by atoms with Crippen LogP contribution in [0.15, 0.2) is 41.1 Å². The largest absolute Gasteiger partial charge is 0.447 e. The number of benzene rings is 1. The lowest BCUT2D eigenvalue weighted by molar-refractivity contribution is -0.385. The predicted octanol–water partition coefficient (Wildman–Crippen LogP) is 3.00. The van der Waals surface area contributed by atoms with Crippen LogP contribution in [0.4, 0.5) is 5.69 Å². The van der Waals surface area contributed by atoms with Gasteiger partial charge in [0.2, 0.25) is 5.75 Å². The highest BCUT2D eigenvalue weighted by Gasteiger charge is 2.18. The van der Waals surface area contributed by atoms with Gasteiger partial charge in [-0.3, -0.25) is 15.1 Å². The van der Waals surface area contributed by atoms with E-state index in [9.17, 15) is 10.1 Å². The van der Waals surface area contributed by atoms with E-state index in [1.165, 1.54) is 12.3 Å². The third kappa shape index (κ3) is 3.07. The summed E-state index contributed by atoms with van der Waals surface area (Å²) in [5.41, 5.74) is 6.17. The van der Waals surface area contributed by atoms with Crippen molar-refractivity contribution in [2.45, 2.75) is 6.54 Å². The Bertz CT molecular complexity index is 619. The molecule has 0 aliphatic rings. The van der Waals surface area contributed by atoms with E-state index in [0.717, 1.165) is 5.56 Å². The Morgan fingerprint density at radius 2 is 2.21 bits per heavy atom. The minimum Gasteiger partial charge on any atom is -0.447 e. The van der Waals surface area contributed by atoms with Crippen molar-refractivity contribution in [2.24, 2.45) is 5.73 Å². The van der Waals surface area contributed by atoms with Crippen LogP contribution < -0.4 is 10.5 Å². The molecular formula is C12H10BrN3O3. The molecule has 1 aromatic carbocycles. The highest BCUT2D eigenvalue weighted by atomic mass is 79.9. The van der Waals surface area contributed by atoms with E-state index in [4.69, 9.17) is 10.5 Å². The van der Waals surface area contributed by atoms with E-state index in [-0.39, 0.29) is 11.4 Å². The SMILES string of the molecule is NCc1cncc(Oc2c(Br)cccc2[N+](=O)[O-])c1. The number of nitrogens with zero attached hydrogens (tertiary/aromatic N) is 2. The number of nitro benzene ring substituents is 1. The van der Waals surface area contributed by atoms with Crippen molar-refractivity contribution in [3.63, 3.8) is 0 Å². The molecule has 0 fully saturated rings. The van der Waals surface area contributed by atoms with Gasteiger partial charge in [0.15, 0.2) is 0 Å². The minimum absolute atomic E-state index is 0.118. The van der Waals surface area contributed by atoms with Crippen LogP contribution in [0.5, 0.6) is 11.5 Å². The molecule has 2 aromatic rings. The molecule has 2 rings (SSSR count). The molecule has 0 saturated heterocycles. The molecule has 0 bridgehead atoms. The van der Waals surface area contributed by atoms with Crippen LogP contribution >= 0.6 is 15.9 Å². The summed E-state index contributed by atoms with van der Waals surface area (Å²) in [6.45, 7) is 0.322. The van der Waals surface area contributed by atoms with E-state index in [2.05, 4.69) is 20.9 Å². The molecular weight excluding hydrogens is 314 g/mol. The Morgan fingerprint density at radius 1 is 1.42 bits per heavy atom. The third-order valence-corrected chi connectivity index (χ3v) is 2.99. The van der Waals surface area contributed by atoms with Gasteiger partial charge >= 0.3 is 5.69 Å². The van der Waals surface area contributed by atoms with Crippen molar-refractivity contribution >= 4 is 21.6 Å². The van der Waals surface area contributed by atoms with Crippen molar-refractivity contribution in [2.75, 3.05) is 0 Å². The second-order valence-corrected chi connectivity index (χ2v) is 4.53. The molecule has 1 heterocycles. The van der Waals surface area contributed by atoms with E-state index >= 15 is 0 Å². The fraction of sp³-hybridized carbons (Fsp3) is 0.0833. The van der Waals surface area contributed by atoms with E-state index < -0.39 is 4.92 Å². The number of para-hydroxylation sites is 1. The number of nitrogens with two attached hydrogens (primary N) is 1. The number of hydrogen-bond donors (Lipinski definition) is 1. The van der Waals surface area contributed by atoms with Gasteiger partial charge in [0.05, 0.1) is 15.6 Å². The number of ether oxygens (including phenoxy) is 1. The van der Waals surface area contributed by atoms with Crippen molar-refractivity contribution in [1.82, 2.24) is 4.98 Å². The van der Waals surface area contributed by atoms with Crippen LogP contribution in [-0.2, 0) is 6.54 Å². The molecule has 2 N–H and O–H groups in total. The van der Waals surface area contributed by atoms with Crippen LogP contribution in [0.3, 0.4) is 0 Å². The topological polar surface area (TPSA) is 91.3 Å². The highest BCUT2D eigenvalue weighted by Crippen LogP contribution is 2.37. The summed E-state index contributed by atoms with van der Waals surface area (Å²) in [5, 5.41) is 11.0. The average molecular weight is 324 g/mol. The minimum atomic E-state index is -0.500. The van der Waals surface area contributed by atoms with Gasteiger partial charge in [-0.15, -0.1) is 0 Å². The summed E-state index contributed by atoms with van der Waals surface area (Å²) < 4.78 is 6.04. The maximum atomic E-state index is 11.0. The first-order chi connectivity index (χ1) is 9.11. The van der Waals surface area contributed by atoms with E-state index in [1.54, 1.807) is 24.4 Å². The monoisotopic (exact) mass is 323 g/mol. The number of aromatic nitrogens is 1. The van der Waals surface area contributed by atoms with E-state index in [0.29, 0.717) is 16.8 Å². The van der Waals surface area contributed by atoms with Gasteiger partial charge in [-0.1, -0.05) is 6.07 Å². The molecule has 7 heteroatoms. The summed E-state index contributed by atoms with van der Waals surface area (Å²) >= 11 is 3.23. The van der Waals surface area contributed by atoms with Crippen molar-refractivity contribution in [1.29, 1.82) is 0 Å². The Balaban J connectivity index is 2.40. The van der Waals surface area contributed by atoms with Gasteiger partial charge in [-0.2, -0.15) is 0 Å². The number of pyridine rings is 1. The Kier molecular flexibility index (Phi) is 4.08. The summed E-state index contributed by atoms with van der Waals surface area (Å²) in [6.07, 6.45) is 3.09. The molecule has 1 aromatic heterocycles. The number of rotatable bonds is 4. The highest BCUT2D eigenvalue weighted by molar-refractivity contribution is 9.10. The molecule has 0 spiro atoms. The van der Waals surface area contributed by atoms with Crippen molar-refractivity contribution in [3.8, 4) is 11.5 Å². The zero-order chi connectivity index (χ0) is 13.8. The molecule has 0 aliphatic heterocycles. The predicted molar refractivity (Wildman–Crippen MR) is 73.0 cm³/mol. The summed E-state index contributed by atoms with van der Waals surface area (Å²) in [7, 11) is 0. The Morgan fingerprint density at radius 3 is 2.89 bits per heavy atom. The first kappa shape index (κ1) is 13.4. The molecule has 0 unspecified atom stereocenters. The first-order valence-corrected chi connectivity index (χ1v) is 6.16. The van der Waals surface area contributed by atoms with Crippen molar-refractivity contribution in [3.05, 3.63) is 56.8 Å². The van der Waals surface area contributed by atoms with Crippen LogP contribution in [-0.4, -0.2) is 9.91 Å². The summed E-state index contributed by atoms with van der Waals surface area (Å²) in [4.78, 5) is 14.4. The molecule has 0 atom stereocenters. The van der Waals surface area contributed by atoms with Crippen LogP contribution in [0.2, 0.25) is 0 Å². The summed E-state index contributed by atoms with van der Waals surface area (Å²) in [6, 6.07) is 6.31. The molecule has 19 heavy (non-hydrogen) atoms. The van der Waals surface area contributed by atoms with Gasteiger partial charge in [0, 0.05) is 18.8 Å². The van der Waals surface area contributed by atoms with Crippen LogP contribution in [0.1, 0.15) is 5.56 Å². The maximum Gasteiger partial charge on any atom is 0.312 e. The van der Waals surface area contributed by atoms with E-state index in [1.807, 2.05) is 0 Å². The van der Waals surface area contributed by atoms with Gasteiger partial charge in [-0.05, 0) is 33.6 Å². The third-order valence-electron chi connectivity index (χ3n) is 2.37. The molecule has 0 radical (unpaired) electrons. The van der Waals surface area contributed by atoms with Crippen LogP contribution in [0.25, 0.3) is 0 Å². The fourth-order valence-corrected chi connectivity index (χ4v) is 1.93. The zero-order valence-electron chi connectivity index (χ0n) is 9.75. The molecule has 98 valence electrons. The maximum absolute atomic E-state index is 11.0. The molecule has 0 aliphatic carbocycles. The van der Waals surface area contributed by atoms with Gasteiger partial charge < -0.3 is 10.5 Å². The quantitative estimate of drug-likeness (QED) is 0.689. The second-order valence-electron chi connectivity index (χ2n) is 3.68. The van der Waals surface area contributed by atoms with Gasteiger partial charge in [0.25, 0.3) is 0 Å². The number of hydrogen-bond acceptors (Lipinski definition) is 5. The van der Waals surface area contributed by atoms with Crippen LogP contribution in [0, 0.1) is 10.1 Å². The summed E-state index contributed by atoms with van der Waals surface area (Å²) in [5.74, 6) is 0.543. The Labute approximate surface area is 117 Å².